The molecule has 0 N–H and O–H groups in total. The number of ketones is 1. The van der Waals surface area contributed by atoms with Crippen molar-refractivity contribution in [2.24, 2.45) is 0 Å². The van der Waals surface area contributed by atoms with Crippen LogP contribution in [-0.2, 0) is 11.2 Å². The molecule has 0 radical (unpaired) electrons. The Labute approximate surface area is 119 Å². The number of hydrogen-bond donors (Lipinski definition) is 0. The highest BCUT2D eigenvalue weighted by Gasteiger charge is 2.08. The zero-order chi connectivity index (χ0) is 14.5. The summed E-state index contributed by atoms with van der Waals surface area (Å²) >= 11 is 5.72. The van der Waals surface area contributed by atoms with Gasteiger partial charge in [0.2, 0.25) is 0 Å². The van der Waals surface area contributed by atoms with E-state index in [0.29, 0.717) is 16.3 Å². The lowest BCUT2D eigenvalue weighted by molar-refractivity contribution is -0.120. The first kappa shape index (κ1) is 14.5. The van der Waals surface area contributed by atoms with Gasteiger partial charge in [0.25, 0.3) is 0 Å². The number of Topliss-reactive ketones (excluding diaryl/α,β-unsaturated/α-hetero) is 1. The number of ether oxygens (including phenoxy) is 1. The Kier molecular flexibility index (Phi) is 4.69. The summed E-state index contributed by atoms with van der Waals surface area (Å²) in [6, 6.07) is 9.97. The van der Waals surface area contributed by atoms with Crippen LogP contribution in [0.5, 0.6) is 5.75 Å². The molecule has 0 aliphatic rings. The summed E-state index contributed by atoms with van der Waals surface area (Å²) < 4.78 is 31.0. The fraction of sp³-hybridized carbons (Fsp3) is 0.133. The molecule has 0 spiro atoms. The van der Waals surface area contributed by atoms with Crippen LogP contribution in [0.3, 0.4) is 0 Å². The Morgan fingerprint density at radius 3 is 2.40 bits per heavy atom. The maximum Gasteiger partial charge on any atom is 0.174 e. The standard InChI is InChI=1S/C15H11ClF2O2/c16-11-2-4-13(5-3-11)20-9-12(19)7-10-1-6-14(17)15(18)8-10/h1-6,8H,7,9H2. The molecule has 0 saturated heterocycles. The molecule has 0 aliphatic heterocycles. The van der Waals surface area contributed by atoms with Crippen molar-refractivity contribution in [2.75, 3.05) is 6.61 Å². The lowest BCUT2D eigenvalue weighted by atomic mass is 10.1. The topological polar surface area (TPSA) is 26.3 Å². The van der Waals surface area contributed by atoms with Crippen LogP contribution in [0.15, 0.2) is 42.5 Å². The van der Waals surface area contributed by atoms with E-state index in [4.69, 9.17) is 16.3 Å². The van der Waals surface area contributed by atoms with Crippen LogP contribution >= 0.6 is 11.6 Å². The SMILES string of the molecule is O=C(COc1ccc(Cl)cc1)Cc1ccc(F)c(F)c1. The van der Waals surface area contributed by atoms with Crippen molar-refractivity contribution >= 4 is 17.4 Å². The predicted octanol–water partition coefficient (Wildman–Crippen LogP) is 3.81. The van der Waals surface area contributed by atoms with Crippen molar-refractivity contribution in [3.63, 3.8) is 0 Å². The lowest BCUT2D eigenvalue weighted by Gasteiger charge is -2.06. The molecule has 5 heteroatoms. The highest BCUT2D eigenvalue weighted by atomic mass is 35.5. The first-order chi connectivity index (χ1) is 9.54. The normalized spacial score (nSPS) is 10.3. The van der Waals surface area contributed by atoms with Crippen LogP contribution in [0, 0.1) is 11.6 Å². The van der Waals surface area contributed by atoms with Gasteiger partial charge in [0.05, 0.1) is 0 Å². The Balaban J connectivity index is 1.89. The number of halogens is 3. The van der Waals surface area contributed by atoms with Gasteiger partial charge < -0.3 is 4.74 Å². The van der Waals surface area contributed by atoms with Crippen LogP contribution in [-0.4, -0.2) is 12.4 Å². The summed E-state index contributed by atoms with van der Waals surface area (Å²) in [6.07, 6.45) is -0.00914. The summed E-state index contributed by atoms with van der Waals surface area (Å²) in [7, 11) is 0. The number of carbonyl (C=O) groups excluding carboxylic acids is 1. The van der Waals surface area contributed by atoms with Gasteiger partial charge in [-0.1, -0.05) is 17.7 Å². The molecule has 0 aliphatic carbocycles. The molecule has 0 atom stereocenters. The van der Waals surface area contributed by atoms with E-state index in [-0.39, 0.29) is 18.8 Å². The number of carbonyl (C=O) groups is 1. The molecule has 0 aromatic heterocycles. The third kappa shape index (κ3) is 4.03. The lowest BCUT2D eigenvalue weighted by Crippen LogP contribution is -2.14. The molecule has 0 amide bonds. The summed E-state index contributed by atoms with van der Waals surface area (Å²) in [6.45, 7) is -0.138. The van der Waals surface area contributed by atoms with E-state index in [2.05, 4.69) is 0 Å². The van der Waals surface area contributed by atoms with Crippen molar-refractivity contribution in [1.29, 1.82) is 0 Å². The van der Waals surface area contributed by atoms with Crippen molar-refractivity contribution in [2.45, 2.75) is 6.42 Å². The molecule has 20 heavy (non-hydrogen) atoms. The van der Waals surface area contributed by atoms with Gasteiger partial charge >= 0.3 is 0 Å². The second kappa shape index (κ2) is 6.48. The van der Waals surface area contributed by atoms with E-state index in [1.807, 2.05) is 0 Å². The summed E-state index contributed by atoms with van der Waals surface area (Å²) in [5, 5.41) is 0.575. The molecule has 0 bridgehead atoms. The van der Waals surface area contributed by atoms with Gasteiger partial charge in [-0.3, -0.25) is 4.79 Å². The largest absolute Gasteiger partial charge is 0.486 e. The molecule has 2 nitrogen and oxygen atoms in total. The van der Waals surface area contributed by atoms with Crippen LogP contribution < -0.4 is 4.74 Å². The fourth-order valence-corrected chi connectivity index (χ4v) is 1.75. The minimum atomic E-state index is -0.964. The summed E-state index contributed by atoms with van der Waals surface area (Å²) in [5.41, 5.74) is 0.411. The average Bonchev–Trinajstić information content (AvgIpc) is 2.42. The molecule has 2 rings (SSSR count). The maximum absolute atomic E-state index is 13.0. The zero-order valence-corrected chi connectivity index (χ0v) is 11.2. The predicted molar refractivity (Wildman–Crippen MR) is 72.0 cm³/mol. The monoisotopic (exact) mass is 296 g/mol. The number of benzene rings is 2. The number of rotatable bonds is 5. The van der Waals surface area contributed by atoms with Gasteiger partial charge in [0.1, 0.15) is 12.4 Å². The minimum absolute atomic E-state index is 0.00914. The van der Waals surface area contributed by atoms with Crippen LogP contribution in [0.4, 0.5) is 8.78 Å². The highest BCUT2D eigenvalue weighted by molar-refractivity contribution is 6.30. The molecule has 2 aromatic rings. The third-order valence-electron chi connectivity index (χ3n) is 2.60. The van der Waals surface area contributed by atoms with E-state index in [0.717, 1.165) is 12.1 Å². The van der Waals surface area contributed by atoms with E-state index < -0.39 is 11.6 Å². The van der Waals surface area contributed by atoms with Crippen LogP contribution in [0.2, 0.25) is 5.02 Å². The summed E-state index contributed by atoms with van der Waals surface area (Å²) in [4.78, 5) is 11.7. The molecule has 0 unspecified atom stereocenters. The van der Waals surface area contributed by atoms with Gasteiger partial charge in [-0.2, -0.15) is 0 Å². The van der Waals surface area contributed by atoms with E-state index in [1.165, 1.54) is 6.07 Å². The van der Waals surface area contributed by atoms with E-state index in [1.54, 1.807) is 24.3 Å². The Morgan fingerprint density at radius 2 is 1.75 bits per heavy atom. The second-order valence-electron chi connectivity index (χ2n) is 4.21. The average molecular weight is 297 g/mol. The van der Waals surface area contributed by atoms with Gasteiger partial charge in [0.15, 0.2) is 17.4 Å². The van der Waals surface area contributed by atoms with Crippen LogP contribution in [0.25, 0.3) is 0 Å². The van der Waals surface area contributed by atoms with Crippen LogP contribution in [0.1, 0.15) is 5.56 Å². The molecule has 104 valence electrons. The molecular weight excluding hydrogens is 286 g/mol. The quantitative estimate of drug-likeness (QED) is 0.838. The molecule has 0 heterocycles. The van der Waals surface area contributed by atoms with Gasteiger partial charge in [-0.25, -0.2) is 8.78 Å². The zero-order valence-electron chi connectivity index (χ0n) is 10.4. The van der Waals surface area contributed by atoms with Crippen molar-refractivity contribution in [3.05, 3.63) is 64.7 Å². The number of hydrogen-bond acceptors (Lipinski definition) is 2. The molecular formula is C15H11ClF2O2. The minimum Gasteiger partial charge on any atom is -0.486 e. The van der Waals surface area contributed by atoms with E-state index >= 15 is 0 Å². The maximum atomic E-state index is 13.0. The Bertz CT molecular complexity index is 612. The highest BCUT2D eigenvalue weighted by Crippen LogP contribution is 2.15. The third-order valence-corrected chi connectivity index (χ3v) is 2.85. The van der Waals surface area contributed by atoms with Crippen molar-refractivity contribution in [3.8, 4) is 5.75 Å². The smallest absolute Gasteiger partial charge is 0.174 e. The molecule has 0 saturated carbocycles. The second-order valence-corrected chi connectivity index (χ2v) is 4.64. The van der Waals surface area contributed by atoms with Crippen molar-refractivity contribution < 1.29 is 18.3 Å². The molecule has 0 fully saturated rings. The van der Waals surface area contributed by atoms with Gasteiger partial charge in [-0.05, 0) is 42.0 Å². The fourth-order valence-electron chi connectivity index (χ4n) is 1.62. The Hall–Kier alpha value is -1.94. The van der Waals surface area contributed by atoms with Crippen molar-refractivity contribution in [1.82, 2.24) is 0 Å². The first-order valence-electron chi connectivity index (χ1n) is 5.88. The summed E-state index contributed by atoms with van der Waals surface area (Å²) in [5.74, 6) is -1.61. The van der Waals surface area contributed by atoms with Gasteiger partial charge in [0, 0.05) is 11.4 Å². The Morgan fingerprint density at radius 1 is 1.05 bits per heavy atom. The van der Waals surface area contributed by atoms with Gasteiger partial charge in [-0.15, -0.1) is 0 Å². The molecule has 2 aromatic carbocycles. The van der Waals surface area contributed by atoms with E-state index in [9.17, 15) is 13.6 Å². The first-order valence-corrected chi connectivity index (χ1v) is 6.26.